The molecule has 0 spiro atoms. The van der Waals surface area contributed by atoms with Gasteiger partial charge in [0.25, 0.3) is 5.91 Å². The van der Waals surface area contributed by atoms with E-state index in [4.69, 9.17) is 0 Å². The van der Waals surface area contributed by atoms with Crippen LogP contribution in [0.25, 0.3) is 0 Å². The largest absolute Gasteiger partial charge is 0.359 e. The Bertz CT molecular complexity index is 1090. The molecule has 1 aliphatic rings. The number of carbonyl (C=O) groups is 2. The van der Waals surface area contributed by atoms with Crippen LogP contribution in [0.2, 0.25) is 0 Å². The topological polar surface area (TPSA) is 74.3 Å². The van der Waals surface area contributed by atoms with Crippen LogP contribution < -0.4 is 15.5 Å². The Kier molecular flexibility index (Phi) is 4.95. The lowest BCUT2D eigenvalue weighted by atomic mass is 10.1. The number of nitrogens with one attached hydrogen (secondary N) is 2. The van der Waals surface area contributed by atoms with Crippen LogP contribution in [0.1, 0.15) is 21.5 Å². The Morgan fingerprint density at radius 2 is 2.00 bits per heavy atom. The summed E-state index contributed by atoms with van der Waals surface area (Å²) in [7, 11) is 0. The summed E-state index contributed by atoms with van der Waals surface area (Å²) in [6.45, 7) is 2.31. The SMILES string of the molecule is Cc1ccc(F)c(NC(=O)c2cnc3c(c2)N(Cc2ccccc2)C(=O)CN3)c1. The fourth-order valence-corrected chi connectivity index (χ4v) is 3.18. The summed E-state index contributed by atoms with van der Waals surface area (Å²) in [6, 6.07) is 15.7. The van der Waals surface area contributed by atoms with Crippen molar-refractivity contribution in [3.8, 4) is 0 Å². The number of benzene rings is 2. The van der Waals surface area contributed by atoms with Crippen LogP contribution in [-0.2, 0) is 11.3 Å². The highest BCUT2D eigenvalue weighted by molar-refractivity contribution is 6.07. The minimum atomic E-state index is -0.516. The second-order valence-electron chi connectivity index (χ2n) is 6.85. The number of halogens is 1. The molecule has 1 aromatic heterocycles. The first-order valence-electron chi connectivity index (χ1n) is 9.17. The number of fused-ring (bicyclic) bond motifs is 1. The standard InChI is InChI=1S/C22H19FN4O2/c1-14-7-8-17(23)18(9-14)26-22(29)16-10-19-21(24-11-16)25-12-20(28)27(19)13-15-5-3-2-4-6-15/h2-11H,12-13H2,1H3,(H,24,25)(H,26,29). The molecule has 4 rings (SSSR count). The first-order chi connectivity index (χ1) is 14.0. The van der Waals surface area contributed by atoms with Crippen molar-refractivity contribution in [2.45, 2.75) is 13.5 Å². The van der Waals surface area contributed by atoms with Gasteiger partial charge in [-0.25, -0.2) is 9.37 Å². The second kappa shape index (κ2) is 7.71. The van der Waals surface area contributed by atoms with Gasteiger partial charge in [-0.2, -0.15) is 0 Å². The normalized spacial score (nSPS) is 12.9. The Morgan fingerprint density at radius 1 is 1.21 bits per heavy atom. The van der Waals surface area contributed by atoms with E-state index in [2.05, 4.69) is 15.6 Å². The second-order valence-corrected chi connectivity index (χ2v) is 6.85. The number of rotatable bonds is 4. The van der Waals surface area contributed by atoms with Crippen LogP contribution in [0.15, 0.2) is 60.8 Å². The lowest BCUT2D eigenvalue weighted by molar-refractivity contribution is -0.117. The summed E-state index contributed by atoms with van der Waals surface area (Å²) >= 11 is 0. The van der Waals surface area contributed by atoms with Gasteiger partial charge in [0.2, 0.25) is 5.91 Å². The minimum absolute atomic E-state index is 0.100. The summed E-state index contributed by atoms with van der Waals surface area (Å²) in [5.74, 6) is -0.607. The van der Waals surface area contributed by atoms with Crippen molar-refractivity contribution < 1.29 is 14.0 Å². The molecule has 2 amide bonds. The highest BCUT2D eigenvalue weighted by atomic mass is 19.1. The van der Waals surface area contributed by atoms with Crippen molar-refractivity contribution in [3.05, 3.63) is 83.3 Å². The predicted octanol–water partition coefficient (Wildman–Crippen LogP) is 3.74. The molecule has 2 N–H and O–H groups in total. The summed E-state index contributed by atoms with van der Waals surface area (Å²) in [6.07, 6.45) is 1.41. The molecule has 0 aliphatic carbocycles. The average molecular weight is 390 g/mol. The van der Waals surface area contributed by atoms with E-state index in [0.29, 0.717) is 18.1 Å². The number of amides is 2. The van der Waals surface area contributed by atoms with Gasteiger partial charge in [-0.15, -0.1) is 0 Å². The fourth-order valence-electron chi connectivity index (χ4n) is 3.18. The van der Waals surface area contributed by atoms with E-state index in [0.717, 1.165) is 11.1 Å². The van der Waals surface area contributed by atoms with Crippen molar-refractivity contribution in [2.75, 3.05) is 22.1 Å². The third kappa shape index (κ3) is 3.94. The summed E-state index contributed by atoms with van der Waals surface area (Å²) in [5, 5.41) is 5.54. The molecule has 0 fully saturated rings. The van der Waals surface area contributed by atoms with Crippen LogP contribution in [0, 0.1) is 12.7 Å². The smallest absolute Gasteiger partial charge is 0.257 e. The minimum Gasteiger partial charge on any atom is -0.359 e. The molecule has 7 heteroatoms. The summed E-state index contributed by atoms with van der Waals surface area (Å²) < 4.78 is 14.0. The number of pyridine rings is 1. The monoisotopic (exact) mass is 390 g/mol. The van der Waals surface area contributed by atoms with Gasteiger partial charge in [-0.05, 0) is 36.2 Å². The number of carbonyl (C=O) groups excluding carboxylic acids is 2. The molecule has 0 saturated carbocycles. The van der Waals surface area contributed by atoms with Crippen LogP contribution >= 0.6 is 0 Å². The van der Waals surface area contributed by atoms with Crippen molar-refractivity contribution in [2.24, 2.45) is 0 Å². The third-order valence-electron chi connectivity index (χ3n) is 4.68. The van der Waals surface area contributed by atoms with Crippen molar-refractivity contribution in [1.29, 1.82) is 0 Å². The number of anilines is 3. The molecule has 146 valence electrons. The van der Waals surface area contributed by atoms with E-state index < -0.39 is 11.7 Å². The van der Waals surface area contributed by atoms with Gasteiger partial charge >= 0.3 is 0 Å². The molecule has 3 aromatic rings. The van der Waals surface area contributed by atoms with Gasteiger partial charge in [0.05, 0.1) is 30.0 Å². The number of hydrogen-bond acceptors (Lipinski definition) is 4. The van der Waals surface area contributed by atoms with Crippen molar-refractivity contribution in [1.82, 2.24) is 4.98 Å². The molecule has 0 atom stereocenters. The molecular formula is C22H19FN4O2. The lowest BCUT2D eigenvalue weighted by Gasteiger charge is -2.29. The maximum Gasteiger partial charge on any atom is 0.257 e. The molecule has 6 nitrogen and oxygen atoms in total. The molecule has 0 bridgehead atoms. The molecule has 2 aromatic carbocycles. The zero-order valence-electron chi connectivity index (χ0n) is 15.8. The molecule has 0 radical (unpaired) electrons. The third-order valence-corrected chi connectivity index (χ3v) is 4.68. The lowest BCUT2D eigenvalue weighted by Crippen LogP contribution is -2.40. The van der Waals surface area contributed by atoms with Gasteiger partial charge < -0.3 is 15.5 Å². The van der Waals surface area contributed by atoms with Crippen LogP contribution in [0.3, 0.4) is 0 Å². The Labute approximate surface area is 167 Å². The van der Waals surface area contributed by atoms with E-state index in [-0.39, 0.29) is 23.7 Å². The average Bonchev–Trinajstić information content (AvgIpc) is 2.73. The van der Waals surface area contributed by atoms with Gasteiger partial charge in [-0.1, -0.05) is 36.4 Å². The van der Waals surface area contributed by atoms with Gasteiger partial charge in [0.1, 0.15) is 5.82 Å². The molecule has 0 unspecified atom stereocenters. The zero-order valence-corrected chi connectivity index (χ0v) is 15.8. The maximum absolute atomic E-state index is 14.0. The number of aryl methyl sites for hydroxylation is 1. The summed E-state index contributed by atoms with van der Waals surface area (Å²) in [4.78, 5) is 31.1. The van der Waals surface area contributed by atoms with E-state index in [1.807, 2.05) is 37.3 Å². The van der Waals surface area contributed by atoms with Crippen molar-refractivity contribution >= 4 is 29.0 Å². The van der Waals surface area contributed by atoms with Crippen LogP contribution in [0.4, 0.5) is 21.6 Å². The van der Waals surface area contributed by atoms with Crippen LogP contribution in [0.5, 0.6) is 0 Å². The Hall–Kier alpha value is -3.74. The quantitative estimate of drug-likeness (QED) is 0.712. The fraction of sp³-hybridized carbons (Fsp3) is 0.136. The number of nitrogens with zero attached hydrogens (tertiary/aromatic N) is 2. The zero-order chi connectivity index (χ0) is 20.4. The molecular weight excluding hydrogens is 371 g/mol. The first-order valence-corrected chi connectivity index (χ1v) is 9.17. The van der Waals surface area contributed by atoms with Gasteiger partial charge in [0.15, 0.2) is 5.82 Å². The van der Waals surface area contributed by atoms with E-state index in [1.165, 1.54) is 12.3 Å². The van der Waals surface area contributed by atoms with Crippen molar-refractivity contribution in [3.63, 3.8) is 0 Å². The molecule has 0 saturated heterocycles. The number of hydrogen-bond donors (Lipinski definition) is 2. The highest BCUT2D eigenvalue weighted by Gasteiger charge is 2.26. The van der Waals surface area contributed by atoms with E-state index >= 15 is 0 Å². The molecule has 2 heterocycles. The maximum atomic E-state index is 14.0. The Balaban J connectivity index is 1.63. The van der Waals surface area contributed by atoms with E-state index in [1.54, 1.807) is 23.1 Å². The summed E-state index contributed by atoms with van der Waals surface area (Å²) in [5.41, 5.74) is 2.64. The van der Waals surface area contributed by atoms with Crippen LogP contribution in [-0.4, -0.2) is 23.3 Å². The van der Waals surface area contributed by atoms with Gasteiger partial charge in [-0.3, -0.25) is 9.59 Å². The van der Waals surface area contributed by atoms with Gasteiger partial charge in [0, 0.05) is 6.20 Å². The predicted molar refractivity (Wildman–Crippen MR) is 109 cm³/mol. The Morgan fingerprint density at radius 3 is 2.79 bits per heavy atom. The molecule has 29 heavy (non-hydrogen) atoms. The first kappa shape index (κ1) is 18.6. The highest BCUT2D eigenvalue weighted by Crippen LogP contribution is 2.30. The van der Waals surface area contributed by atoms with E-state index in [9.17, 15) is 14.0 Å². The number of aromatic nitrogens is 1. The molecule has 1 aliphatic heterocycles.